The highest BCUT2D eigenvalue weighted by Crippen LogP contribution is 2.20. The van der Waals surface area contributed by atoms with Crippen molar-refractivity contribution in [1.29, 1.82) is 0 Å². The van der Waals surface area contributed by atoms with Crippen LogP contribution in [0.2, 0.25) is 0 Å². The van der Waals surface area contributed by atoms with Crippen LogP contribution in [0.4, 0.5) is 4.79 Å². The number of nitrogens with one attached hydrogen (secondary N) is 1. The Hall–Kier alpha value is -2.24. The van der Waals surface area contributed by atoms with Crippen molar-refractivity contribution in [3.63, 3.8) is 0 Å². The van der Waals surface area contributed by atoms with Gasteiger partial charge in [-0.1, -0.05) is 39.8 Å². The van der Waals surface area contributed by atoms with Crippen molar-refractivity contribution >= 4 is 12.0 Å². The lowest BCUT2D eigenvalue weighted by Crippen LogP contribution is -2.49. The molecule has 1 aromatic carbocycles. The summed E-state index contributed by atoms with van der Waals surface area (Å²) in [5.74, 6) is 1.46. The molecule has 2 amide bonds. The Bertz CT molecular complexity index is 634. The number of piperidine rings is 1. The van der Waals surface area contributed by atoms with Crippen molar-refractivity contribution in [3.05, 3.63) is 29.8 Å². The van der Waals surface area contributed by atoms with Crippen LogP contribution in [0.1, 0.15) is 58.9 Å². The van der Waals surface area contributed by atoms with E-state index in [2.05, 4.69) is 19.2 Å². The predicted molar refractivity (Wildman–Crippen MR) is 110 cm³/mol. The van der Waals surface area contributed by atoms with Gasteiger partial charge in [0.1, 0.15) is 5.75 Å². The maximum Gasteiger partial charge on any atom is 0.407 e. The summed E-state index contributed by atoms with van der Waals surface area (Å²) in [6.45, 7) is 11.7. The van der Waals surface area contributed by atoms with E-state index < -0.39 is 6.10 Å². The first-order chi connectivity index (χ1) is 13.3. The van der Waals surface area contributed by atoms with E-state index >= 15 is 0 Å². The van der Waals surface area contributed by atoms with E-state index in [1.807, 2.05) is 43.0 Å². The summed E-state index contributed by atoms with van der Waals surface area (Å²) in [5, 5.41) is 2.89. The molecule has 1 aliphatic heterocycles. The normalized spacial score (nSPS) is 16.2. The molecule has 0 saturated carbocycles. The van der Waals surface area contributed by atoms with Crippen LogP contribution >= 0.6 is 0 Å². The van der Waals surface area contributed by atoms with Gasteiger partial charge in [-0.25, -0.2) is 4.79 Å². The van der Waals surface area contributed by atoms with Gasteiger partial charge in [-0.2, -0.15) is 0 Å². The third-order valence-corrected chi connectivity index (χ3v) is 4.88. The quantitative estimate of drug-likeness (QED) is 0.765. The third-order valence-electron chi connectivity index (χ3n) is 4.88. The SMILES string of the molecule is CC(C)COC(=O)NC1CCN(C(=O)C(C)Oc2ccc(C(C)C)cc2)CC1. The number of ether oxygens (including phenoxy) is 2. The number of carbonyl (C=O) groups is 2. The Morgan fingerprint density at radius 2 is 1.68 bits per heavy atom. The average molecular weight is 391 g/mol. The summed E-state index contributed by atoms with van der Waals surface area (Å²) in [6, 6.07) is 7.94. The Morgan fingerprint density at radius 1 is 1.07 bits per heavy atom. The molecule has 1 aromatic rings. The Kier molecular flexibility index (Phi) is 8.15. The third kappa shape index (κ3) is 6.73. The van der Waals surface area contributed by atoms with E-state index in [9.17, 15) is 9.59 Å². The van der Waals surface area contributed by atoms with E-state index in [4.69, 9.17) is 9.47 Å². The van der Waals surface area contributed by atoms with Gasteiger partial charge in [-0.3, -0.25) is 4.79 Å². The van der Waals surface area contributed by atoms with Gasteiger partial charge in [0.25, 0.3) is 5.91 Å². The molecule has 0 spiro atoms. The van der Waals surface area contributed by atoms with Crippen molar-refractivity contribution in [1.82, 2.24) is 10.2 Å². The summed E-state index contributed by atoms with van der Waals surface area (Å²) >= 11 is 0. The second-order valence-corrected chi connectivity index (χ2v) is 8.22. The molecule has 1 fully saturated rings. The average Bonchev–Trinajstić information content (AvgIpc) is 2.66. The molecule has 1 unspecified atom stereocenters. The number of benzene rings is 1. The smallest absolute Gasteiger partial charge is 0.407 e. The first-order valence-corrected chi connectivity index (χ1v) is 10.2. The lowest BCUT2D eigenvalue weighted by molar-refractivity contribution is -0.139. The Labute approximate surface area is 168 Å². The molecule has 0 bridgehead atoms. The lowest BCUT2D eigenvalue weighted by atomic mass is 10.0. The molecule has 156 valence electrons. The molecule has 1 N–H and O–H groups in total. The minimum atomic E-state index is -0.537. The molecule has 6 nitrogen and oxygen atoms in total. The fourth-order valence-corrected chi connectivity index (χ4v) is 3.14. The van der Waals surface area contributed by atoms with Crippen LogP contribution in [0.5, 0.6) is 5.75 Å². The molecule has 1 aliphatic rings. The van der Waals surface area contributed by atoms with E-state index in [0.717, 1.165) is 12.8 Å². The molecule has 0 radical (unpaired) electrons. The Morgan fingerprint density at radius 3 is 2.21 bits per heavy atom. The van der Waals surface area contributed by atoms with E-state index in [1.165, 1.54) is 5.56 Å². The molecule has 28 heavy (non-hydrogen) atoms. The number of hydrogen-bond acceptors (Lipinski definition) is 4. The topological polar surface area (TPSA) is 67.9 Å². The van der Waals surface area contributed by atoms with Gasteiger partial charge in [0, 0.05) is 19.1 Å². The number of rotatable bonds is 7. The zero-order chi connectivity index (χ0) is 20.7. The fraction of sp³-hybridized carbons (Fsp3) is 0.636. The summed E-state index contributed by atoms with van der Waals surface area (Å²) in [4.78, 5) is 26.3. The van der Waals surface area contributed by atoms with Gasteiger partial charge in [-0.15, -0.1) is 0 Å². The van der Waals surface area contributed by atoms with Crippen LogP contribution in [-0.4, -0.2) is 48.7 Å². The largest absolute Gasteiger partial charge is 0.481 e. The van der Waals surface area contributed by atoms with Gasteiger partial charge >= 0.3 is 6.09 Å². The van der Waals surface area contributed by atoms with Crippen LogP contribution in [0.25, 0.3) is 0 Å². The van der Waals surface area contributed by atoms with Gasteiger partial charge in [0.15, 0.2) is 6.10 Å². The summed E-state index contributed by atoms with van der Waals surface area (Å²) in [6.07, 6.45) is 0.529. The van der Waals surface area contributed by atoms with E-state index in [1.54, 1.807) is 6.92 Å². The fourth-order valence-electron chi connectivity index (χ4n) is 3.14. The zero-order valence-corrected chi connectivity index (χ0v) is 17.7. The number of carbonyl (C=O) groups excluding carboxylic acids is 2. The van der Waals surface area contributed by atoms with Crippen LogP contribution < -0.4 is 10.1 Å². The number of amides is 2. The second-order valence-electron chi connectivity index (χ2n) is 8.22. The first kappa shape index (κ1) is 22.1. The van der Waals surface area contributed by atoms with Crippen LogP contribution in [0.15, 0.2) is 24.3 Å². The highest BCUT2D eigenvalue weighted by atomic mass is 16.5. The van der Waals surface area contributed by atoms with Crippen molar-refractivity contribution in [3.8, 4) is 5.75 Å². The summed E-state index contributed by atoms with van der Waals surface area (Å²) in [7, 11) is 0. The van der Waals surface area contributed by atoms with Crippen LogP contribution in [0, 0.1) is 5.92 Å². The molecule has 1 atom stereocenters. The van der Waals surface area contributed by atoms with Gasteiger partial charge < -0.3 is 19.7 Å². The second kappa shape index (κ2) is 10.3. The summed E-state index contributed by atoms with van der Waals surface area (Å²) < 4.78 is 11.0. The molecular weight excluding hydrogens is 356 g/mol. The zero-order valence-electron chi connectivity index (χ0n) is 17.7. The maximum absolute atomic E-state index is 12.7. The maximum atomic E-state index is 12.7. The molecule has 1 heterocycles. The van der Waals surface area contributed by atoms with Crippen molar-refractivity contribution in [2.45, 2.75) is 65.5 Å². The number of nitrogens with zero attached hydrogens (tertiary/aromatic N) is 1. The van der Waals surface area contributed by atoms with Crippen molar-refractivity contribution < 1.29 is 19.1 Å². The Balaban J connectivity index is 1.76. The van der Waals surface area contributed by atoms with E-state index in [-0.39, 0.29) is 18.0 Å². The molecule has 6 heteroatoms. The van der Waals surface area contributed by atoms with Gasteiger partial charge in [0.2, 0.25) is 0 Å². The minimum absolute atomic E-state index is 0.0197. The van der Waals surface area contributed by atoms with Crippen molar-refractivity contribution in [2.24, 2.45) is 5.92 Å². The highest BCUT2D eigenvalue weighted by molar-refractivity contribution is 5.81. The van der Waals surface area contributed by atoms with Gasteiger partial charge in [-0.05, 0) is 49.3 Å². The molecular formula is C22H34N2O4. The molecule has 0 aliphatic carbocycles. The summed E-state index contributed by atoms with van der Waals surface area (Å²) in [5.41, 5.74) is 1.24. The monoisotopic (exact) mass is 390 g/mol. The lowest BCUT2D eigenvalue weighted by Gasteiger charge is -2.33. The number of hydrogen-bond donors (Lipinski definition) is 1. The van der Waals surface area contributed by atoms with Crippen LogP contribution in [-0.2, 0) is 9.53 Å². The number of likely N-dealkylation sites (tertiary alicyclic amines) is 1. The van der Waals surface area contributed by atoms with Crippen LogP contribution in [0.3, 0.4) is 0 Å². The van der Waals surface area contributed by atoms with Crippen molar-refractivity contribution in [2.75, 3.05) is 19.7 Å². The highest BCUT2D eigenvalue weighted by Gasteiger charge is 2.28. The number of alkyl carbamates (subject to hydrolysis) is 1. The molecule has 0 aromatic heterocycles. The minimum Gasteiger partial charge on any atom is -0.481 e. The molecule has 2 rings (SSSR count). The van der Waals surface area contributed by atoms with Gasteiger partial charge in [0.05, 0.1) is 6.61 Å². The van der Waals surface area contributed by atoms with E-state index in [0.29, 0.717) is 37.3 Å². The standard InChI is InChI=1S/C22H34N2O4/c1-15(2)14-27-22(26)23-19-10-12-24(13-11-19)21(25)17(5)28-20-8-6-18(7-9-20)16(3)4/h6-9,15-17,19H,10-14H2,1-5H3,(H,23,26). The predicted octanol–water partition coefficient (Wildman–Crippen LogP) is 3.95. The first-order valence-electron chi connectivity index (χ1n) is 10.2. The molecule has 1 saturated heterocycles.